The summed E-state index contributed by atoms with van der Waals surface area (Å²) in [7, 11) is -3.17. The number of carbonyl (C=O) groups excluding carboxylic acids is 1. The van der Waals surface area contributed by atoms with Crippen molar-refractivity contribution in [2.75, 3.05) is 18.8 Å². The molecule has 1 aromatic rings. The summed E-state index contributed by atoms with van der Waals surface area (Å²) in [5.74, 6) is 0.800. The van der Waals surface area contributed by atoms with E-state index in [9.17, 15) is 13.2 Å². The lowest BCUT2D eigenvalue weighted by Gasteiger charge is -2.39. The molecule has 0 aliphatic carbocycles. The van der Waals surface area contributed by atoms with Crippen LogP contribution in [0.1, 0.15) is 57.2 Å². The number of piperidine rings is 1. The maximum absolute atomic E-state index is 12.9. The van der Waals surface area contributed by atoms with E-state index in [0.717, 1.165) is 16.9 Å². The number of aryl methyl sites for hydroxylation is 1. The summed E-state index contributed by atoms with van der Waals surface area (Å²) >= 11 is 0. The van der Waals surface area contributed by atoms with Crippen molar-refractivity contribution >= 4 is 15.9 Å². The first-order valence-electron chi connectivity index (χ1n) is 9.69. The van der Waals surface area contributed by atoms with Crippen molar-refractivity contribution in [3.8, 4) is 5.75 Å². The summed E-state index contributed by atoms with van der Waals surface area (Å²) in [4.78, 5) is 12.9. The van der Waals surface area contributed by atoms with E-state index < -0.39 is 10.0 Å². The van der Waals surface area contributed by atoms with E-state index in [0.29, 0.717) is 32.4 Å². The van der Waals surface area contributed by atoms with Gasteiger partial charge in [0.05, 0.1) is 11.8 Å². The molecule has 1 saturated heterocycles. The van der Waals surface area contributed by atoms with Crippen LogP contribution in [0, 0.1) is 12.8 Å². The van der Waals surface area contributed by atoms with Crippen molar-refractivity contribution in [3.63, 3.8) is 0 Å². The number of sulfonamides is 1. The molecule has 2 heterocycles. The second-order valence-electron chi connectivity index (χ2n) is 8.24. The summed E-state index contributed by atoms with van der Waals surface area (Å²) in [6.45, 7) is 8.59. The zero-order valence-electron chi connectivity index (χ0n) is 16.6. The van der Waals surface area contributed by atoms with Gasteiger partial charge in [0.1, 0.15) is 11.4 Å². The number of fused-ring (bicyclic) bond motifs is 1. The fourth-order valence-electron chi connectivity index (χ4n) is 3.97. The number of nitrogens with one attached hydrogen (secondary N) is 1. The molecule has 0 spiro atoms. The Morgan fingerprint density at radius 1 is 1.30 bits per heavy atom. The topological polar surface area (TPSA) is 75.7 Å². The molecule has 0 radical (unpaired) electrons. The number of amides is 1. The number of carbonyl (C=O) groups is 1. The number of nitrogens with zero attached hydrogens (tertiary/aromatic N) is 1. The summed E-state index contributed by atoms with van der Waals surface area (Å²) < 4.78 is 31.6. The van der Waals surface area contributed by atoms with E-state index >= 15 is 0 Å². The number of hydrogen-bond acceptors (Lipinski definition) is 4. The van der Waals surface area contributed by atoms with Gasteiger partial charge < -0.3 is 10.1 Å². The maximum Gasteiger partial charge on any atom is 0.223 e. The monoisotopic (exact) mass is 394 g/mol. The van der Waals surface area contributed by atoms with Gasteiger partial charge in [-0.2, -0.15) is 0 Å². The predicted molar refractivity (Wildman–Crippen MR) is 105 cm³/mol. The van der Waals surface area contributed by atoms with Crippen LogP contribution in [0.15, 0.2) is 18.2 Å². The van der Waals surface area contributed by atoms with Crippen LogP contribution in [-0.4, -0.2) is 43.1 Å². The molecule has 6 nitrogen and oxygen atoms in total. The lowest BCUT2D eigenvalue weighted by molar-refractivity contribution is -0.127. The molecule has 0 saturated carbocycles. The predicted octanol–water partition coefficient (Wildman–Crippen LogP) is 2.78. The van der Waals surface area contributed by atoms with Crippen molar-refractivity contribution in [1.29, 1.82) is 0 Å². The Balaban J connectivity index is 1.69. The maximum atomic E-state index is 12.9. The summed E-state index contributed by atoms with van der Waals surface area (Å²) in [5, 5.41) is 3.21. The average molecular weight is 395 g/mol. The molecule has 7 heteroatoms. The Morgan fingerprint density at radius 2 is 1.96 bits per heavy atom. The second-order valence-corrected chi connectivity index (χ2v) is 10.5. The number of rotatable bonds is 4. The molecule has 1 unspecified atom stereocenters. The van der Waals surface area contributed by atoms with Crippen molar-refractivity contribution in [2.24, 2.45) is 5.92 Å². The zero-order chi connectivity index (χ0) is 19.8. The highest BCUT2D eigenvalue weighted by atomic mass is 32.2. The molecule has 1 aromatic carbocycles. The Labute approximate surface area is 162 Å². The van der Waals surface area contributed by atoms with Crippen LogP contribution in [0.5, 0.6) is 5.75 Å². The van der Waals surface area contributed by atoms with Crippen LogP contribution in [-0.2, 0) is 14.8 Å². The van der Waals surface area contributed by atoms with Crippen molar-refractivity contribution < 1.29 is 17.9 Å². The lowest BCUT2D eigenvalue weighted by Crippen LogP contribution is -2.46. The fourth-order valence-corrected chi connectivity index (χ4v) is 5.10. The van der Waals surface area contributed by atoms with Gasteiger partial charge in [0, 0.05) is 31.0 Å². The molecule has 1 amide bonds. The molecular weight excluding hydrogens is 364 g/mol. The van der Waals surface area contributed by atoms with E-state index in [2.05, 4.69) is 11.4 Å². The highest BCUT2D eigenvalue weighted by molar-refractivity contribution is 7.89. The third-order valence-electron chi connectivity index (χ3n) is 5.52. The minimum atomic E-state index is -3.17. The van der Waals surface area contributed by atoms with Gasteiger partial charge in [-0.15, -0.1) is 0 Å². The largest absolute Gasteiger partial charge is 0.487 e. The van der Waals surface area contributed by atoms with Gasteiger partial charge in [-0.05, 0) is 46.6 Å². The SMILES string of the molecule is CCS(=O)(=O)N1CCC(C(=O)NC2CC(C)(C)Oc3ccc(C)cc32)CC1. The molecule has 3 rings (SSSR count). The van der Waals surface area contributed by atoms with E-state index in [-0.39, 0.29) is 29.2 Å². The Bertz CT molecular complexity index is 811. The molecule has 1 atom stereocenters. The number of hydrogen-bond donors (Lipinski definition) is 1. The third kappa shape index (κ3) is 4.46. The standard InChI is InChI=1S/C20H30N2O4S/c1-5-27(24,25)22-10-8-15(9-11-22)19(23)21-17-13-20(3,4)26-18-7-6-14(2)12-16(17)18/h6-7,12,15,17H,5,8-11,13H2,1-4H3,(H,21,23). The van der Waals surface area contributed by atoms with Gasteiger partial charge in [0.25, 0.3) is 0 Å². The Hall–Kier alpha value is -1.60. The van der Waals surface area contributed by atoms with E-state index in [1.165, 1.54) is 4.31 Å². The van der Waals surface area contributed by atoms with Gasteiger partial charge in [0.2, 0.25) is 15.9 Å². The first kappa shape index (κ1) is 20.1. The van der Waals surface area contributed by atoms with E-state index in [1.54, 1.807) is 6.92 Å². The molecule has 1 fully saturated rings. The van der Waals surface area contributed by atoms with Crippen LogP contribution in [0.3, 0.4) is 0 Å². The van der Waals surface area contributed by atoms with Crippen LogP contribution in [0.25, 0.3) is 0 Å². The van der Waals surface area contributed by atoms with Crippen LogP contribution < -0.4 is 10.1 Å². The van der Waals surface area contributed by atoms with E-state index in [4.69, 9.17) is 4.74 Å². The number of benzene rings is 1. The van der Waals surface area contributed by atoms with Gasteiger partial charge >= 0.3 is 0 Å². The Kier molecular flexibility index (Phi) is 5.54. The summed E-state index contributed by atoms with van der Waals surface area (Å²) in [6, 6.07) is 5.97. The second kappa shape index (κ2) is 7.43. The Morgan fingerprint density at radius 3 is 2.59 bits per heavy atom. The minimum Gasteiger partial charge on any atom is -0.487 e. The molecule has 2 aliphatic heterocycles. The molecule has 0 bridgehead atoms. The van der Waals surface area contributed by atoms with Gasteiger partial charge in [0.15, 0.2) is 0 Å². The first-order valence-corrected chi connectivity index (χ1v) is 11.3. The summed E-state index contributed by atoms with van der Waals surface area (Å²) in [6.07, 6.45) is 1.84. The number of ether oxygens (including phenoxy) is 1. The third-order valence-corrected chi connectivity index (χ3v) is 7.40. The lowest BCUT2D eigenvalue weighted by atomic mass is 9.88. The van der Waals surface area contributed by atoms with Gasteiger partial charge in [-0.1, -0.05) is 17.7 Å². The molecule has 1 N–H and O–H groups in total. The quantitative estimate of drug-likeness (QED) is 0.852. The highest BCUT2D eigenvalue weighted by Gasteiger charge is 2.36. The minimum absolute atomic E-state index is 0.0127. The van der Waals surface area contributed by atoms with Gasteiger partial charge in [-0.25, -0.2) is 12.7 Å². The van der Waals surface area contributed by atoms with Crippen LogP contribution in [0.2, 0.25) is 0 Å². The fraction of sp³-hybridized carbons (Fsp3) is 0.650. The van der Waals surface area contributed by atoms with Crippen LogP contribution in [0.4, 0.5) is 0 Å². The smallest absolute Gasteiger partial charge is 0.223 e. The molecule has 27 heavy (non-hydrogen) atoms. The molecule has 2 aliphatic rings. The molecular formula is C20H30N2O4S. The van der Waals surface area contributed by atoms with Crippen LogP contribution >= 0.6 is 0 Å². The van der Waals surface area contributed by atoms with Crippen molar-refractivity contribution in [1.82, 2.24) is 9.62 Å². The molecule has 0 aromatic heterocycles. The van der Waals surface area contributed by atoms with Gasteiger partial charge in [-0.3, -0.25) is 4.79 Å². The van der Waals surface area contributed by atoms with Crippen molar-refractivity contribution in [2.45, 2.75) is 58.6 Å². The zero-order valence-corrected chi connectivity index (χ0v) is 17.4. The highest BCUT2D eigenvalue weighted by Crippen LogP contribution is 2.40. The first-order chi connectivity index (χ1) is 12.6. The normalized spacial score (nSPS) is 23.3. The average Bonchev–Trinajstić information content (AvgIpc) is 2.61. The van der Waals surface area contributed by atoms with Crippen molar-refractivity contribution in [3.05, 3.63) is 29.3 Å². The molecule has 150 valence electrons. The van der Waals surface area contributed by atoms with E-state index in [1.807, 2.05) is 32.9 Å². The summed E-state index contributed by atoms with van der Waals surface area (Å²) in [5.41, 5.74) is 1.81.